The number of nitrogens with one attached hydrogen (secondary N) is 1. The average molecular weight is 641 g/mol. The second-order valence-electron chi connectivity index (χ2n) is 10.9. The lowest BCUT2D eigenvalue weighted by Gasteiger charge is -2.26. The number of fused-ring (bicyclic) bond motifs is 2. The smallest absolute Gasteiger partial charge is 0.407 e. The Morgan fingerprint density at radius 2 is 1.84 bits per heavy atom. The van der Waals surface area contributed by atoms with Crippen LogP contribution in [0.5, 0.6) is 0 Å². The van der Waals surface area contributed by atoms with E-state index in [1.165, 1.54) is 0 Å². The highest BCUT2D eigenvalue weighted by molar-refractivity contribution is 7.85. The molecule has 3 aromatic rings. The molecule has 44 heavy (non-hydrogen) atoms. The number of carbonyl (C=O) groups excluding carboxylic acids is 2. The number of nitrogens with zero attached hydrogens (tertiary/aromatic N) is 2. The van der Waals surface area contributed by atoms with Gasteiger partial charge < -0.3 is 19.7 Å². The lowest BCUT2D eigenvalue weighted by atomic mass is 9.84. The van der Waals surface area contributed by atoms with Crippen molar-refractivity contribution in [1.82, 2.24) is 5.32 Å². The molecule has 2 aromatic carbocycles. The predicted molar refractivity (Wildman–Crippen MR) is 172 cm³/mol. The minimum atomic E-state index is -4.05. The molecule has 2 heterocycles. The zero-order chi connectivity index (χ0) is 31.9. The fourth-order valence-corrected chi connectivity index (χ4v) is 6.71. The summed E-state index contributed by atoms with van der Waals surface area (Å²) in [5.41, 5.74) is 4.17. The number of allylic oxidation sites excluding steroid dienone is 3. The third kappa shape index (κ3) is 8.13. The molecule has 1 amide bonds. The zero-order valence-corrected chi connectivity index (χ0v) is 26.7. The van der Waals surface area contributed by atoms with Crippen molar-refractivity contribution in [1.29, 1.82) is 0 Å². The molecule has 0 fully saturated rings. The maximum Gasteiger partial charge on any atom is 0.407 e. The van der Waals surface area contributed by atoms with Gasteiger partial charge in [0, 0.05) is 41.1 Å². The number of hydrogen-bond donors (Lipinski definition) is 2. The topological polar surface area (TPSA) is 126 Å². The Bertz CT molecular complexity index is 1710. The van der Waals surface area contributed by atoms with Gasteiger partial charge in [-0.05, 0) is 37.1 Å². The number of para-hydroxylation sites is 2. The second kappa shape index (κ2) is 14.2. The summed E-state index contributed by atoms with van der Waals surface area (Å²) < 4.78 is 45.5. The van der Waals surface area contributed by atoms with Crippen molar-refractivity contribution in [3.8, 4) is 0 Å². The fraction of sp³-hybridized carbons (Fsp3) is 0.344. The summed E-state index contributed by atoms with van der Waals surface area (Å²) in [6.45, 7) is 10.5. The van der Waals surface area contributed by atoms with Gasteiger partial charge in [0.25, 0.3) is 15.1 Å². The molecule has 10 nitrogen and oxygen atoms in total. The van der Waals surface area contributed by atoms with Gasteiger partial charge in [-0.2, -0.15) is 13.0 Å². The molecule has 0 aliphatic carbocycles. The number of esters is 1. The first-order valence-corrected chi connectivity index (χ1v) is 16.7. The van der Waals surface area contributed by atoms with E-state index in [9.17, 15) is 22.6 Å². The normalized spacial score (nSPS) is 15.1. The Morgan fingerprint density at radius 1 is 1.11 bits per heavy atom. The Balaban J connectivity index is 1.48. The zero-order valence-electron chi connectivity index (χ0n) is 25.1. The summed E-state index contributed by atoms with van der Waals surface area (Å²) in [4.78, 5) is 25.7. The van der Waals surface area contributed by atoms with Gasteiger partial charge in [-0.25, -0.2) is 9.59 Å². The standard InChI is InChI=1S/C32H37N3O7S2/c1-23(2)30(36)41-20-17-33-31(37)42-21-19-35-26-13-7-8-14-27(26)43-29(35)16-9-15-28-32(3,4)24-11-5-6-12-25(24)34(28)18-10-22-44(38,39)40/h5-9,11-16H,1,10,17-22H2,2-4H3,(H-,33,37,38,39,40)/p+1. The van der Waals surface area contributed by atoms with Crippen LogP contribution in [0.15, 0.2) is 78.5 Å². The van der Waals surface area contributed by atoms with Crippen LogP contribution in [-0.2, 0) is 36.3 Å². The van der Waals surface area contributed by atoms with Crippen LogP contribution in [0.25, 0.3) is 16.3 Å². The molecule has 0 unspecified atom stereocenters. The van der Waals surface area contributed by atoms with Gasteiger partial charge in [0.2, 0.25) is 5.52 Å². The Hall–Kier alpha value is -4.00. The molecule has 4 rings (SSSR count). The van der Waals surface area contributed by atoms with Gasteiger partial charge in [0.15, 0.2) is 13.2 Å². The Morgan fingerprint density at radius 3 is 2.59 bits per heavy atom. The summed E-state index contributed by atoms with van der Waals surface area (Å²) in [7, 11) is -4.05. The van der Waals surface area contributed by atoms with Gasteiger partial charge in [0.1, 0.15) is 11.3 Å². The van der Waals surface area contributed by atoms with Crippen LogP contribution >= 0.6 is 11.3 Å². The van der Waals surface area contributed by atoms with Crippen LogP contribution in [0.3, 0.4) is 0 Å². The Labute approximate surface area is 262 Å². The molecule has 0 atom stereocenters. The highest BCUT2D eigenvalue weighted by Gasteiger charge is 2.39. The van der Waals surface area contributed by atoms with Gasteiger partial charge in [-0.1, -0.05) is 68.2 Å². The summed E-state index contributed by atoms with van der Waals surface area (Å²) in [5.74, 6) is -0.817. The van der Waals surface area contributed by atoms with E-state index in [0.29, 0.717) is 18.7 Å². The molecular formula is C32H38N3O7S2+. The highest BCUT2D eigenvalue weighted by atomic mass is 32.2. The predicted octanol–water partition coefficient (Wildman–Crippen LogP) is 5.01. The van der Waals surface area contributed by atoms with Crippen LogP contribution < -0.4 is 14.8 Å². The molecule has 1 aromatic heterocycles. The van der Waals surface area contributed by atoms with Crippen molar-refractivity contribution in [2.45, 2.75) is 39.2 Å². The Kier molecular flexibility index (Phi) is 10.6. The summed E-state index contributed by atoms with van der Waals surface area (Å²) in [6.07, 6.45) is 5.74. The summed E-state index contributed by atoms with van der Waals surface area (Å²) in [5, 5.41) is 3.53. The number of benzene rings is 2. The first-order chi connectivity index (χ1) is 20.9. The molecule has 2 N–H and O–H groups in total. The lowest BCUT2D eigenvalue weighted by molar-refractivity contribution is -0.669. The molecule has 0 saturated carbocycles. The minimum absolute atomic E-state index is 0.0228. The number of rotatable bonds is 13. The van der Waals surface area contributed by atoms with Crippen molar-refractivity contribution in [2.75, 3.05) is 37.0 Å². The molecule has 1 aliphatic rings. The van der Waals surface area contributed by atoms with Gasteiger partial charge in [-0.15, -0.1) is 0 Å². The largest absolute Gasteiger partial charge is 0.460 e. The molecule has 0 saturated heterocycles. The van der Waals surface area contributed by atoms with E-state index >= 15 is 0 Å². The number of thiazole rings is 1. The van der Waals surface area contributed by atoms with E-state index in [2.05, 4.69) is 41.3 Å². The van der Waals surface area contributed by atoms with Crippen LogP contribution in [0.1, 0.15) is 37.8 Å². The molecule has 12 heteroatoms. The number of ether oxygens (including phenoxy) is 2. The SMILES string of the molecule is C=C(C)C(=O)OCCNC(=O)OCC[n+]1c(C=CC=C2N(CCCS(=O)(=O)O)c3ccccc3C2(C)C)sc2ccccc21. The van der Waals surface area contributed by atoms with Crippen LogP contribution in [0, 0.1) is 0 Å². The van der Waals surface area contributed by atoms with Crippen molar-refractivity contribution < 1.29 is 36.6 Å². The first kappa shape index (κ1) is 32.9. The van der Waals surface area contributed by atoms with E-state index in [1.807, 2.05) is 60.7 Å². The van der Waals surface area contributed by atoms with Crippen LogP contribution in [-0.4, -0.2) is 57.1 Å². The van der Waals surface area contributed by atoms with Crippen molar-refractivity contribution in [2.24, 2.45) is 0 Å². The number of aromatic nitrogens is 1. The maximum atomic E-state index is 12.2. The lowest BCUT2D eigenvalue weighted by Crippen LogP contribution is -2.39. The summed E-state index contributed by atoms with van der Waals surface area (Å²) in [6, 6.07) is 16.1. The molecule has 1 aliphatic heterocycles. The van der Waals surface area contributed by atoms with Crippen molar-refractivity contribution in [3.63, 3.8) is 0 Å². The third-order valence-corrected chi connectivity index (χ3v) is 9.15. The molecule has 234 valence electrons. The van der Waals surface area contributed by atoms with Crippen molar-refractivity contribution in [3.05, 3.63) is 89.1 Å². The quantitative estimate of drug-likeness (QED) is 0.0879. The minimum Gasteiger partial charge on any atom is -0.460 e. The van der Waals surface area contributed by atoms with Crippen LogP contribution in [0.2, 0.25) is 0 Å². The highest BCUT2D eigenvalue weighted by Crippen LogP contribution is 2.47. The van der Waals surface area contributed by atoms with E-state index in [1.54, 1.807) is 18.3 Å². The van der Waals surface area contributed by atoms with E-state index in [4.69, 9.17) is 9.47 Å². The second-order valence-corrected chi connectivity index (χ2v) is 13.5. The number of amides is 1. The van der Waals surface area contributed by atoms with Gasteiger partial charge in [0.05, 0.1) is 12.3 Å². The van der Waals surface area contributed by atoms with Gasteiger partial charge in [-0.3, -0.25) is 4.55 Å². The number of alkyl carbamates (subject to hydrolysis) is 1. The number of carbonyl (C=O) groups is 2. The number of anilines is 1. The fourth-order valence-electron chi connectivity index (χ4n) is 5.12. The molecule has 0 radical (unpaired) electrons. The van der Waals surface area contributed by atoms with E-state index in [-0.39, 0.29) is 37.3 Å². The number of hydrogen-bond acceptors (Lipinski definition) is 8. The molecule has 0 bridgehead atoms. The van der Waals surface area contributed by atoms with Crippen molar-refractivity contribution >= 4 is 55.5 Å². The van der Waals surface area contributed by atoms with E-state index in [0.717, 1.165) is 32.2 Å². The summed E-state index contributed by atoms with van der Waals surface area (Å²) >= 11 is 1.62. The van der Waals surface area contributed by atoms with E-state index < -0.39 is 22.2 Å². The monoisotopic (exact) mass is 640 g/mol. The molecule has 0 spiro atoms. The maximum absolute atomic E-state index is 12.2. The molecular weight excluding hydrogens is 603 g/mol. The average Bonchev–Trinajstić information content (AvgIpc) is 3.42. The van der Waals surface area contributed by atoms with Crippen LogP contribution in [0.4, 0.5) is 10.5 Å². The third-order valence-electron chi connectivity index (χ3n) is 7.21. The van der Waals surface area contributed by atoms with Gasteiger partial charge >= 0.3 is 12.1 Å². The first-order valence-electron chi connectivity index (χ1n) is 14.2.